The van der Waals surface area contributed by atoms with Gasteiger partial charge in [-0.05, 0) is 68.9 Å². The van der Waals surface area contributed by atoms with Crippen LogP contribution < -0.4 is 4.72 Å². The Morgan fingerprint density at radius 2 is 1.82 bits per heavy atom. The van der Waals surface area contributed by atoms with E-state index >= 15 is 0 Å². The van der Waals surface area contributed by atoms with Crippen molar-refractivity contribution in [2.75, 3.05) is 0 Å². The molecule has 1 N–H and O–H groups in total. The van der Waals surface area contributed by atoms with E-state index in [-0.39, 0.29) is 6.54 Å². The Bertz CT molecular complexity index is 790. The van der Waals surface area contributed by atoms with Gasteiger partial charge in [0.1, 0.15) is 11.5 Å². The zero-order valence-electron chi connectivity index (χ0n) is 13.0. The zero-order valence-corrected chi connectivity index (χ0v) is 13.8. The van der Waals surface area contributed by atoms with Crippen LogP contribution in [0, 0.1) is 13.8 Å². The fourth-order valence-corrected chi connectivity index (χ4v) is 4.05. The summed E-state index contributed by atoms with van der Waals surface area (Å²) in [4.78, 5) is 0.353. The molecule has 5 heteroatoms. The first-order valence-corrected chi connectivity index (χ1v) is 9.11. The first-order valence-electron chi connectivity index (χ1n) is 7.63. The van der Waals surface area contributed by atoms with Crippen molar-refractivity contribution in [3.63, 3.8) is 0 Å². The van der Waals surface area contributed by atoms with Gasteiger partial charge in [-0.2, -0.15) is 0 Å². The molecule has 22 heavy (non-hydrogen) atoms. The standard InChI is InChI=1S/C17H21NO3S/c1-12-9-16(13(2)21-12)11-18-22(19,20)17-8-7-14-5-3-4-6-15(14)10-17/h7-10,18H,3-6,11H2,1-2H3. The van der Waals surface area contributed by atoms with E-state index < -0.39 is 10.0 Å². The molecule has 118 valence electrons. The topological polar surface area (TPSA) is 59.3 Å². The fourth-order valence-electron chi connectivity index (χ4n) is 2.99. The molecule has 0 amide bonds. The molecule has 0 aliphatic heterocycles. The average Bonchev–Trinajstić information content (AvgIpc) is 2.82. The summed E-state index contributed by atoms with van der Waals surface area (Å²) in [5, 5.41) is 0. The first-order chi connectivity index (χ1) is 10.5. The van der Waals surface area contributed by atoms with Crippen LogP contribution in [-0.4, -0.2) is 8.42 Å². The van der Waals surface area contributed by atoms with E-state index in [0.29, 0.717) is 4.90 Å². The van der Waals surface area contributed by atoms with Crippen molar-refractivity contribution in [2.45, 2.75) is 51.0 Å². The van der Waals surface area contributed by atoms with Gasteiger partial charge in [-0.1, -0.05) is 6.07 Å². The Morgan fingerprint density at radius 3 is 2.50 bits per heavy atom. The van der Waals surface area contributed by atoms with Gasteiger partial charge in [0.15, 0.2) is 0 Å². The Hall–Kier alpha value is -1.59. The second-order valence-corrected chi connectivity index (χ2v) is 7.67. The van der Waals surface area contributed by atoms with Crippen LogP contribution in [0.1, 0.15) is 41.1 Å². The molecule has 1 aliphatic rings. The Kier molecular flexibility index (Phi) is 4.10. The van der Waals surface area contributed by atoms with Gasteiger partial charge in [0.05, 0.1) is 4.90 Å². The molecule has 0 saturated carbocycles. The SMILES string of the molecule is Cc1cc(CNS(=O)(=O)c2ccc3c(c2)CCCC3)c(C)o1. The number of aryl methyl sites for hydroxylation is 4. The van der Waals surface area contributed by atoms with Crippen LogP contribution in [0.3, 0.4) is 0 Å². The van der Waals surface area contributed by atoms with Crippen molar-refractivity contribution in [1.29, 1.82) is 0 Å². The Morgan fingerprint density at radius 1 is 1.09 bits per heavy atom. The molecule has 0 fully saturated rings. The molecular formula is C17H21NO3S. The predicted molar refractivity (Wildman–Crippen MR) is 85.3 cm³/mol. The quantitative estimate of drug-likeness (QED) is 0.941. The second-order valence-electron chi connectivity index (χ2n) is 5.90. The summed E-state index contributed by atoms with van der Waals surface area (Å²) in [5.41, 5.74) is 3.33. The van der Waals surface area contributed by atoms with E-state index in [9.17, 15) is 8.42 Å². The molecule has 0 unspecified atom stereocenters. The van der Waals surface area contributed by atoms with Gasteiger partial charge in [0.2, 0.25) is 10.0 Å². The number of fused-ring (bicyclic) bond motifs is 1. The maximum Gasteiger partial charge on any atom is 0.240 e. The minimum absolute atomic E-state index is 0.253. The lowest BCUT2D eigenvalue weighted by molar-refractivity contribution is 0.500. The number of hydrogen-bond donors (Lipinski definition) is 1. The van der Waals surface area contributed by atoms with Gasteiger partial charge in [0.25, 0.3) is 0 Å². The number of rotatable bonds is 4. The van der Waals surface area contributed by atoms with Crippen molar-refractivity contribution in [3.05, 3.63) is 52.5 Å². The van der Waals surface area contributed by atoms with Crippen molar-refractivity contribution in [3.8, 4) is 0 Å². The molecule has 1 aromatic carbocycles. The molecule has 4 nitrogen and oxygen atoms in total. The third-order valence-electron chi connectivity index (χ3n) is 4.23. The minimum atomic E-state index is -3.49. The lowest BCUT2D eigenvalue weighted by atomic mass is 9.92. The summed E-state index contributed by atoms with van der Waals surface area (Å²) in [7, 11) is -3.49. The molecule has 2 aromatic rings. The summed E-state index contributed by atoms with van der Waals surface area (Å²) in [5.74, 6) is 1.55. The van der Waals surface area contributed by atoms with Crippen LogP contribution in [0.4, 0.5) is 0 Å². The lowest BCUT2D eigenvalue weighted by Gasteiger charge is -2.16. The second kappa shape index (κ2) is 5.89. The summed E-state index contributed by atoms with van der Waals surface area (Å²) in [6.07, 6.45) is 4.35. The smallest absolute Gasteiger partial charge is 0.240 e. The molecule has 0 atom stereocenters. The van der Waals surface area contributed by atoms with Gasteiger partial charge >= 0.3 is 0 Å². The highest BCUT2D eigenvalue weighted by atomic mass is 32.2. The molecule has 1 aliphatic carbocycles. The third kappa shape index (κ3) is 3.10. The molecule has 0 spiro atoms. The van der Waals surface area contributed by atoms with Crippen LogP contribution in [0.25, 0.3) is 0 Å². The van der Waals surface area contributed by atoms with Gasteiger partial charge in [-0.3, -0.25) is 0 Å². The number of benzene rings is 1. The highest BCUT2D eigenvalue weighted by Crippen LogP contribution is 2.24. The summed E-state index contributed by atoms with van der Waals surface area (Å²) < 4.78 is 33.0. The van der Waals surface area contributed by atoms with E-state index in [1.807, 2.05) is 32.0 Å². The molecule has 1 aromatic heterocycles. The largest absolute Gasteiger partial charge is 0.466 e. The van der Waals surface area contributed by atoms with E-state index in [1.54, 1.807) is 6.07 Å². The Balaban J connectivity index is 1.79. The van der Waals surface area contributed by atoms with Crippen molar-refractivity contribution in [1.82, 2.24) is 4.72 Å². The summed E-state index contributed by atoms with van der Waals surface area (Å²) in [6.45, 7) is 3.95. The molecular weight excluding hydrogens is 298 g/mol. The summed E-state index contributed by atoms with van der Waals surface area (Å²) >= 11 is 0. The van der Waals surface area contributed by atoms with Gasteiger partial charge < -0.3 is 4.42 Å². The Labute approximate surface area is 131 Å². The van der Waals surface area contributed by atoms with Crippen molar-refractivity contribution >= 4 is 10.0 Å². The molecule has 0 saturated heterocycles. The zero-order chi connectivity index (χ0) is 15.7. The monoisotopic (exact) mass is 319 g/mol. The molecule has 0 radical (unpaired) electrons. The summed E-state index contributed by atoms with van der Waals surface area (Å²) in [6, 6.07) is 7.35. The van der Waals surface area contributed by atoms with E-state index in [1.165, 1.54) is 17.5 Å². The highest BCUT2D eigenvalue weighted by Gasteiger charge is 2.18. The van der Waals surface area contributed by atoms with Crippen LogP contribution in [0.2, 0.25) is 0 Å². The molecule has 0 bridgehead atoms. The third-order valence-corrected chi connectivity index (χ3v) is 5.63. The maximum absolute atomic E-state index is 12.5. The van der Waals surface area contributed by atoms with Crippen LogP contribution in [0.15, 0.2) is 33.6 Å². The highest BCUT2D eigenvalue weighted by molar-refractivity contribution is 7.89. The van der Waals surface area contributed by atoms with Crippen LogP contribution in [0.5, 0.6) is 0 Å². The average molecular weight is 319 g/mol. The number of furan rings is 1. The lowest BCUT2D eigenvalue weighted by Crippen LogP contribution is -2.23. The van der Waals surface area contributed by atoms with Crippen molar-refractivity contribution in [2.24, 2.45) is 0 Å². The maximum atomic E-state index is 12.5. The molecule has 3 rings (SSSR count). The van der Waals surface area contributed by atoms with E-state index in [2.05, 4.69) is 4.72 Å². The van der Waals surface area contributed by atoms with Crippen LogP contribution in [-0.2, 0) is 29.4 Å². The van der Waals surface area contributed by atoms with E-state index in [0.717, 1.165) is 36.3 Å². The fraction of sp³-hybridized carbons (Fsp3) is 0.412. The van der Waals surface area contributed by atoms with Crippen LogP contribution >= 0.6 is 0 Å². The van der Waals surface area contributed by atoms with Gasteiger partial charge in [-0.15, -0.1) is 0 Å². The number of sulfonamides is 1. The van der Waals surface area contributed by atoms with Gasteiger partial charge in [0, 0.05) is 12.1 Å². The minimum Gasteiger partial charge on any atom is -0.466 e. The number of hydrogen-bond acceptors (Lipinski definition) is 3. The molecule has 1 heterocycles. The predicted octanol–water partition coefficient (Wildman–Crippen LogP) is 3.25. The number of nitrogens with one attached hydrogen (secondary N) is 1. The first kappa shape index (κ1) is 15.3. The normalized spacial score (nSPS) is 14.8. The van der Waals surface area contributed by atoms with Crippen molar-refractivity contribution < 1.29 is 12.8 Å². The van der Waals surface area contributed by atoms with Gasteiger partial charge in [-0.25, -0.2) is 13.1 Å². The van der Waals surface area contributed by atoms with E-state index in [4.69, 9.17) is 4.42 Å².